The maximum Gasteiger partial charge on any atom is 0.243 e. The molecule has 0 saturated carbocycles. The summed E-state index contributed by atoms with van der Waals surface area (Å²) in [6.45, 7) is 5.58. The van der Waals surface area contributed by atoms with Crippen LogP contribution in [0.15, 0.2) is 17.0 Å². The minimum absolute atomic E-state index is 0.0549. The van der Waals surface area contributed by atoms with Gasteiger partial charge in [-0.05, 0) is 42.9 Å². The molecule has 0 heterocycles. The number of nitrogen functional groups attached to an aromatic ring is 1. The highest BCUT2D eigenvalue weighted by molar-refractivity contribution is 7.89. The maximum atomic E-state index is 13.8. The molecule has 7 heteroatoms. The monoisotopic (exact) mass is 318 g/mol. The Balaban J connectivity index is 2.90. The van der Waals surface area contributed by atoms with Crippen molar-refractivity contribution in [2.75, 3.05) is 18.9 Å². The van der Waals surface area contributed by atoms with E-state index >= 15 is 0 Å². The molecule has 0 bridgehead atoms. The lowest BCUT2D eigenvalue weighted by molar-refractivity contribution is 0.242. The summed E-state index contributed by atoms with van der Waals surface area (Å²) in [5.41, 5.74) is 6.04. The minimum atomic E-state index is -3.96. The van der Waals surface area contributed by atoms with Gasteiger partial charge >= 0.3 is 0 Å². The summed E-state index contributed by atoms with van der Waals surface area (Å²) in [5.74, 6) is -0.817. The van der Waals surface area contributed by atoms with E-state index in [0.29, 0.717) is 18.4 Å². The van der Waals surface area contributed by atoms with Crippen molar-refractivity contribution in [2.24, 2.45) is 5.41 Å². The molecule has 4 N–H and O–H groups in total. The van der Waals surface area contributed by atoms with Gasteiger partial charge in [-0.2, -0.15) is 0 Å². The fourth-order valence-electron chi connectivity index (χ4n) is 1.89. The van der Waals surface area contributed by atoms with Crippen LogP contribution in [0.4, 0.5) is 10.1 Å². The predicted molar refractivity (Wildman–Crippen MR) is 80.8 cm³/mol. The number of nitrogens with two attached hydrogens (primary N) is 1. The SMILES string of the molecule is Cc1cc(F)c(S(=O)(=O)NCC(C)(C)CCCO)cc1N. The smallest absolute Gasteiger partial charge is 0.243 e. The molecule has 5 nitrogen and oxygen atoms in total. The minimum Gasteiger partial charge on any atom is -0.398 e. The largest absolute Gasteiger partial charge is 0.398 e. The fraction of sp³-hybridized carbons (Fsp3) is 0.571. The van der Waals surface area contributed by atoms with Crippen LogP contribution in [0.1, 0.15) is 32.3 Å². The molecule has 0 radical (unpaired) electrons. The van der Waals surface area contributed by atoms with Gasteiger partial charge in [0, 0.05) is 18.8 Å². The van der Waals surface area contributed by atoms with Crippen LogP contribution in [0.25, 0.3) is 0 Å². The Morgan fingerprint density at radius 3 is 2.57 bits per heavy atom. The van der Waals surface area contributed by atoms with Crippen LogP contribution >= 0.6 is 0 Å². The Bertz CT molecular complexity index is 600. The third-order valence-electron chi connectivity index (χ3n) is 3.36. The van der Waals surface area contributed by atoms with E-state index in [-0.39, 0.29) is 24.3 Å². The highest BCUT2D eigenvalue weighted by atomic mass is 32.2. The quantitative estimate of drug-likeness (QED) is 0.668. The molecular weight excluding hydrogens is 295 g/mol. The number of nitrogens with one attached hydrogen (secondary N) is 1. The van der Waals surface area contributed by atoms with E-state index in [1.807, 2.05) is 13.8 Å². The summed E-state index contributed by atoms with van der Waals surface area (Å²) < 4.78 is 40.6. The molecule has 0 aliphatic rings. The van der Waals surface area contributed by atoms with Gasteiger partial charge in [0.2, 0.25) is 10.0 Å². The lowest BCUT2D eigenvalue weighted by Gasteiger charge is -2.24. The third-order valence-corrected chi connectivity index (χ3v) is 4.78. The zero-order valence-electron chi connectivity index (χ0n) is 12.6. The second-order valence-electron chi connectivity index (χ2n) is 5.96. The van der Waals surface area contributed by atoms with Gasteiger partial charge in [-0.3, -0.25) is 0 Å². The number of hydrogen-bond acceptors (Lipinski definition) is 4. The number of anilines is 1. The van der Waals surface area contributed by atoms with Crippen molar-refractivity contribution in [2.45, 2.75) is 38.5 Å². The van der Waals surface area contributed by atoms with Gasteiger partial charge in [0.15, 0.2) is 0 Å². The first kappa shape index (κ1) is 17.9. The van der Waals surface area contributed by atoms with E-state index in [1.165, 1.54) is 0 Å². The number of rotatable bonds is 7. The number of halogens is 1. The van der Waals surface area contributed by atoms with Crippen molar-refractivity contribution in [3.05, 3.63) is 23.5 Å². The zero-order chi connectivity index (χ0) is 16.3. The molecule has 0 aromatic heterocycles. The van der Waals surface area contributed by atoms with Crippen molar-refractivity contribution >= 4 is 15.7 Å². The van der Waals surface area contributed by atoms with E-state index in [0.717, 1.165) is 12.1 Å². The molecule has 0 aliphatic heterocycles. The van der Waals surface area contributed by atoms with E-state index in [4.69, 9.17) is 10.8 Å². The molecule has 0 unspecified atom stereocenters. The van der Waals surface area contributed by atoms with Gasteiger partial charge in [0.25, 0.3) is 0 Å². The van der Waals surface area contributed by atoms with E-state index in [1.54, 1.807) is 6.92 Å². The molecule has 0 atom stereocenters. The van der Waals surface area contributed by atoms with Crippen LogP contribution in [0.5, 0.6) is 0 Å². The van der Waals surface area contributed by atoms with Gasteiger partial charge in [-0.1, -0.05) is 13.8 Å². The first-order valence-electron chi connectivity index (χ1n) is 6.75. The number of aliphatic hydroxyl groups is 1. The van der Waals surface area contributed by atoms with Crippen molar-refractivity contribution in [3.8, 4) is 0 Å². The first-order valence-corrected chi connectivity index (χ1v) is 8.23. The van der Waals surface area contributed by atoms with Crippen molar-refractivity contribution in [1.29, 1.82) is 0 Å². The lowest BCUT2D eigenvalue weighted by Crippen LogP contribution is -2.34. The summed E-state index contributed by atoms with van der Waals surface area (Å²) in [5, 5.41) is 8.83. The first-order chi connectivity index (χ1) is 9.59. The molecule has 120 valence electrons. The van der Waals surface area contributed by atoms with Gasteiger partial charge in [0.1, 0.15) is 10.7 Å². The molecule has 0 aliphatic carbocycles. The lowest BCUT2D eigenvalue weighted by atomic mass is 9.88. The maximum absolute atomic E-state index is 13.8. The summed E-state index contributed by atoms with van der Waals surface area (Å²) in [6.07, 6.45) is 1.24. The van der Waals surface area contributed by atoms with Gasteiger partial charge < -0.3 is 10.8 Å². The molecular formula is C14H23FN2O3S. The average molecular weight is 318 g/mol. The van der Waals surface area contributed by atoms with Crippen LogP contribution in [0, 0.1) is 18.2 Å². The molecule has 0 amide bonds. The summed E-state index contributed by atoms with van der Waals surface area (Å²) >= 11 is 0. The van der Waals surface area contributed by atoms with E-state index < -0.39 is 20.7 Å². The Morgan fingerprint density at radius 1 is 1.38 bits per heavy atom. The Hall–Kier alpha value is -1.18. The standard InChI is InChI=1S/C14H23FN2O3S/c1-10-7-11(15)13(8-12(10)16)21(19,20)17-9-14(2,3)5-4-6-18/h7-8,17-18H,4-6,9,16H2,1-3H3. The number of hydrogen-bond donors (Lipinski definition) is 3. The number of aryl methyl sites for hydroxylation is 1. The molecule has 0 spiro atoms. The summed E-state index contributed by atoms with van der Waals surface area (Å²) in [6, 6.07) is 2.24. The third kappa shape index (κ3) is 4.94. The summed E-state index contributed by atoms with van der Waals surface area (Å²) in [7, 11) is -3.96. The predicted octanol–water partition coefficient (Wildman–Crippen LogP) is 1.79. The average Bonchev–Trinajstić information content (AvgIpc) is 2.38. The molecule has 1 aromatic carbocycles. The van der Waals surface area contributed by atoms with Crippen molar-refractivity contribution in [3.63, 3.8) is 0 Å². The van der Waals surface area contributed by atoms with Gasteiger partial charge in [-0.15, -0.1) is 0 Å². The summed E-state index contributed by atoms with van der Waals surface area (Å²) in [4.78, 5) is -0.441. The van der Waals surface area contributed by atoms with Crippen LogP contribution in [-0.4, -0.2) is 26.7 Å². The highest BCUT2D eigenvalue weighted by Gasteiger charge is 2.24. The second-order valence-corrected chi connectivity index (χ2v) is 7.69. The van der Waals surface area contributed by atoms with Crippen LogP contribution in [0.2, 0.25) is 0 Å². The highest BCUT2D eigenvalue weighted by Crippen LogP contribution is 2.24. The normalized spacial score (nSPS) is 12.6. The number of aliphatic hydroxyl groups excluding tert-OH is 1. The Morgan fingerprint density at radius 2 is 2.00 bits per heavy atom. The van der Waals surface area contributed by atoms with Gasteiger partial charge in [0.05, 0.1) is 0 Å². The van der Waals surface area contributed by atoms with Crippen molar-refractivity contribution in [1.82, 2.24) is 4.72 Å². The molecule has 0 saturated heterocycles. The number of sulfonamides is 1. The van der Waals surface area contributed by atoms with Crippen molar-refractivity contribution < 1.29 is 17.9 Å². The molecule has 0 fully saturated rings. The van der Waals surface area contributed by atoms with E-state index in [2.05, 4.69) is 4.72 Å². The van der Waals surface area contributed by atoms with Gasteiger partial charge in [-0.25, -0.2) is 17.5 Å². The van der Waals surface area contributed by atoms with Crippen LogP contribution < -0.4 is 10.5 Å². The van der Waals surface area contributed by atoms with Crippen LogP contribution in [-0.2, 0) is 10.0 Å². The number of benzene rings is 1. The molecule has 21 heavy (non-hydrogen) atoms. The van der Waals surface area contributed by atoms with Crippen LogP contribution in [0.3, 0.4) is 0 Å². The topological polar surface area (TPSA) is 92.4 Å². The zero-order valence-corrected chi connectivity index (χ0v) is 13.4. The Kier molecular flexibility index (Phi) is 5.72. The fourth-order valence-corrected chi connectivity index (χ4v) is 3.22. The van der Waals surface area contributed by atoms with E-state index in [9.17, 15) is 12.8 Å². The second kappa shape index (κ2) is 6.72. The Labute approximate surface area is 125 Å². The molecule has 1 aromatic rings. The molecule has 1 rings (SSSR count).